The summed E-state index contributed by atoms with van der Waals surface area (Å²) >= 11 is 0. The number of pyridine rings is 1. The van der Waals surface area contributed by atoms with Crippen molar-refractivity contribution in [1.82, 2.24) is 9.71 Å². The van der Waals surface area contributed by atoms with E-state index < -0.39 is 32.4 Å². The van der Waals surface area contributed by atoms with E-state index in [1.165, 1.54) is 0 Å². The Balaban J connectivity index is 1.50. The topological polar surface area (TPSA) is 165 Å². The van der Waals surface area contributed by atoms with Crippen LogP contribution >= 0.6 is 0 Å². The Morgan fingerprint density at radius 1 is 1.00 bits per heavy atom. The van der Waals surface area contributed by atoms with Gasteiger partial charge in [0, 0.05) is 29.6 Å². The maximum Gasteiger partial charge on any atom is 0.344 e. The summed E-state index contributed by atoms with van der Waals surface area (Å²) < 4.78 is 40.7. The summed E-state index contributed by atoms with van der Waals surface area (Å²) in [6.45, 7) is 3.88. The lowest BCUT2D eigenvalue weighted by atomic mass is 9.83. The number of nitro groups is 1. The fourth-order valence-electron chi connectivity index (χ4n) is 5.05. The van der Waals surface area contributed by atoms with E-state index >= 15 is 0 Å². The Morgan fingerprint density at radius 3 is 2.36 bits per heavy atom. The lowest BCUT2D eigenvalue weighted by Gasteiger charge is -2.28. The molecule has 0 radical (unpaired) electrons. The molecule has 3 aromatic carbocycles. The minimum Gasteiger partial charge on any atom is -0.438 e. The number of nitriles is 1. The third kappa shape index (κ3) is 4.95. The quantitative estimate of drug-likeness (QED) is 0.147. The molecule has 0 saturated heterocycles. The van der Waals surface area contributed by atoms with Crippen LogP contribution in [0.25, 0.3) is 22.1 Å². The molecule has 1 atom stereocenters. The van der Waals surface area contributed by atoms with Gasteiger partial charge in [-0.15, -0.1) is 0 Å². The molecular formula is C32H22N4O7S. The van der Waals surface area contributed by atoms with Gasteiger partial charge in [0.2, 0.25) is 5.88 Å². The van der Waals surface area contributed by atoms with Crippen LogP contribution in [0.15, 0.2) is 111 Å². The molecule has 218 valence electrons. The minimum atomic E-state index is -4.38. The number of para-hydroxylation sites is 1. The summed E-state index contributed by atoms with van der Waals surface area (Å²) in [6.07, 6.45) is 1.76. The highest BCUT2D eigenvalue weighted by atomic mass is 32.2. The molecule has 0 aliphatic carbocycles. The number of aryl methyl sites for hydroxylation is 2. The zero-order valence-corrected chi connectivity index (χ0v) is 24.1. The van der Waals surface area contributed by atoms with Gasteiger partial charge in [-0.1, -0.05) is 36.4 Å². The van der Waals surface area contributed by atoms with Gasteiger partial charge in [0.25, 0.3) is 15.7 Å². The van der Waals surface area contributed by atoms with E-state index in [1.807, 2.05) is 38.1 Å². The zero-order valence-electron chi connectivity index (χ0n) is 23.3. The molecule has 0 fully saturated rings. The Hall–Kier alpha value is -5.80. The third-order valence-corrected chi connectivity index (χ3v) is 8.79. The number of hydrogen-bond donors (Lipinski definition) is 1. The monoisotopic (exact) mass is 606 g/mol. The molecule has 0 saturated carbocycles. The number of rotatable bonds is 6. The van der Waals surface area contributed by atoms with E-state index in [2.05, 4.69) is 9.71 Å². The number of non-ortho nitro benzene ring substituents is 1. The number of nitrogens with one attached hydrogen (secondary N) is 1. The lowest BCUT2D eigenvalue weighted by Crippen LogP contribution is -2.33. The molecule has 12 heteroatoms. The minimum absolute atomic E-state index is 0.0409. The molecule has 1 aliphatic rings. The largest absolute Gasteiger partial charge is 0.438 e. The van der Waals surface area contributed by atoms with Crippen LogP contribution in [0.3, 0.4) is 0 Å². The molecule has 0 bridgehead atoms. The van der Waals surface area contributed by atoms with Crippen LogP contribution in [0.5, 0.6) is 5.75 Å². The number of allylic oxidation sites excluding steroid dienone is 1. The van der Waals surface area contributed by atoms with Crippen molar-refractivity contribution in [2.75, 3.05) is 0 Å². The number of fused-ring (bicyclic) bond motifs is 3. The number of nitro benzene ring substituents is 1. The number of benzene rings is 3. The van der Waals surface area contributed by atoms with Gasteiger partial charge in [0.05, 0.1) is 26.7 Å². The number of nitrogens with zero attached hydrogens (tertiary/aromatic N) is 3. The Bertz CT molecular complexity index is 2220. The van der Waals surface area contributed by atoms with Crippen molar-refractivity contribution in [2.45, 2.75) is 24.7 Å². The SMILES string of the molecule is Cc1cc(-c2ccc(C3C(C#N)=C(NS(=O)(=O)c4ccc([N+](=O)[O-])cc4)Oc4c3c(=O)oc3ccccc43)cc2)cnc1C. The van der Waals surface area contributed by atoms with Crippen molar-refractivity contribution in [3.8, 4) is 22.9 Å². The van der Waals surface area contributed by atoms with Crippen molar-refractivity contribution in [1.29, 1.82) is 5.26 Å². The molecule has 0 amide bonds. The second-order valence-electron chi connectivity index (χ2n) is 10.1. The molecule has 1 unspecified atom stereocenters. The first-order valence-electron chi connectivity index (χ1n) is 13.3. The Kier molecular flexibility index (Phi) is 6.95. The first kappa shape index (κ1) is 28.3. The van der Waals surface area contributed by atoms with Gasteiger partial charge in [-0.05, 0) is 60.9 Å². The summed E-state index contributed by atoms with van der Waals surface area (Å²) in [7, 11) is -4.38. The van der Waals surface area contributed by atoms with Crippen molar-refractivity contribution in [3.63, 3.8) is 0 Å². The average Bonchev–Trinajstić information content (AvgIpc) is 3.02. The van der Waals surface area contributed by atoms with E-state index in [-0.39, 0.29) is 33.1 Å². The molecule has 0 spiro atoms. The number of aromatic nitrogens is 1. The van der Waals surface area contributed by atoms with Crippen LogP contribution in [0.1, 0.15) is 28.3 Å². The second kappa shape index (κ2) is 10.8. The van der Waals surface area contributed by atoms with Crippen molar-refractivity contribution in [2.24, 2.45) is 0 Å². The molecule has 11 nitrogen and oxygen atoms in total. The van der Waals surface area contributed by atoms with Gasteiger partial charge >= 0.3 is 5.63 Å². The normalized spacial score (nSPS) is 14.4. The first-order chi connectivity index (χ1) is 21.1. The van der Waals surface area contributed by atoms with Gasteiger partial charge in [-0.2, -0.15) is 5.26 Å². The fraction of sp³-hybridized carbons (Fsp3) is 0.0938. The summed E-state index contributed by atoms with van der Waals surface area (Å²) in [5.41, 5.74) is 3.23. The van der Waals surface area contributed by atoms with Gasteiger partial charge < -0.3 is 9.15 Å². The molecule has 1 aliphatic heterocycles. The summed E-state index contributed by atoms with van der Waals surface area (Å²) in [4.78, 5) is 27.9. The molecule has 6 rings (SSSR count). The van der Waals surface area contributed by atoms with E-state index in [0.717, 1.165) is 46.6 Å². The molecule has 3 heterocycles. The van der Waals surface area contributed by atoms with E-state index in [9.17, 15) is 28.6 Å². The van der Waals surface area contributed by atoms with Crippen LogP contribution in [0.4, 0.5) is 5.69 Å². The predicted octanol–water partition coefficient (Wildman–Crippen LogP) is 5.62. The van der Waals surface area contributed by atoms with Gasteiger partial charge in [-0.3, -0.25) is 15.1 Å². The maximum absolute atomic E-state index is 13.4. The molecule has 44 heavy (non-hydrogen) atoms. The van der Waals surface area contributed by atoms with Crippen LogP contribution in [-0.2, 0) is 10.0 Å². The van der Waals surface area contributed by atoms with E-state index in [1.54, 1.807) is 42.6 Å². The number of sulfonamides is 1. The molecule has 2 aromatic heterocycles. The first-order valence-corrected chi connectivity index (χ1v) is 14.7. The summed E-state index contributed by atoms with van der Waals surface area (Å²) in [6, 6.07) is 22.1. The average molecular weight is 607 g/mol. The van der Waals surface area contributed by atoms with Gasteiger partial charge in [0.15, 0.2) is 5.75 Å². The highest BCUT2D eigenvalue weighted by Gasteiger charge is 2.38. The van der Waals surface area contributed by atoms with Gasteiger partial charge in [0.1, 0.15) is 17.2 Å². The van der Waals surface area contributed by atoms with Crippen molar-refractivity contribution < 1.29 is 22.5 Å². The Morgan fingerprint density at radius 2 is 1.70 bits per heavy atom. The second-order valence-corrected chi connectivity index (χ2v) is 11.8. The molecular weight excluding hydrogens is 584 g/mol. The smallest absolute Gasteiger partial charge is 0.344 e. The zero-order chi connectivity index (χ0) is 31.2. The maximum atomic E-state index is 13.4. The third-order valence-electron chi connectivity index (χ3n) is 7.45. The van der Waals surface area contributed by atoms with E-state index in [0.29, 0.717) is 10.9 Å². The van der Waals surface area contributed by atoms with Crippen LogP contribution in [0, 0.1) is 35.3 Å². The standard InChI is InChI=1S/C32H22N4O7S/c1-18-15-22(17-34-19(18)2)20-7-9-21(10-8-20)28-26(16-33)31(35-44(40,41)24-13-11-23(12-14-24)36(38)39)43-30-25-5-3-4-6-27(25)42-32(37)29(28)30/h3-15,17,28,35H,1-2H3. The highest BCUT2D eigenvalue weighted by molar-refractivity contribution is 7.89. The number of ether oxygens (including phenoxy) is 1. The van der Waals surface area contributed by atoms with Gasteiger partial charge in [-0.25, -0.2) is 17.9 Å². The van der Waals surface area contributed by atoms with Crippen molar-refractivity contribution >= 4 is 26.7 Å². The number of hydrogen-bond acceptors (Lipinski definition) is 9. The molecule has 1 N–H and O–H groups in total. The lowest BCUT2D eigenvalue weighted by molar-refractivity contribution is -0.384. The van der Waals surface area contributed by atoms with E-state index in [4.69, 9.17) is 9.15 Å². The van der Waals surface area contributed by atoms with Crippen LogP contribution in [-0.4, -0.2) is 18.3 Å². The van der Waals surface area contributed by atoms with Crippen molar-refractivity contribution in [3.05, 3.63) is 139 Å². The summed E-state index contributed by atoms with van der Waals surface area (Å²) in [5, 5.41) is 21.8. The Labute approximate surface area is 250 Å². The summed E-state index contributed by atoms with van der Waals surface area (Å²) in [5.74, 6) is -1.41. The van der Waals surface area contributed by atoms with Crippen LogP contribution < -0.4 is 15.1 Å². The molecule has 5 aromatic rings. The highest BCUT2D eigenvalue weighted by Crippen LogP contribution is 2.44. The predicted molar refractivity (Wildman–Crippen MR) is 160 cm³/mol. The fourth-order valence-corrected chi connectivity index (χ4v) is 6.06. The van der Waals surface area contributed by atoms with Crippen LogP contribution in [0.2, 0.25) is 0 Å².